The molecule has 10 heteroatoms. The number of nitrogens with two attached hydrogens (primary N) is 1. The molecule has 0 aliphatic carbocycles. The van der Waals surface area contributed by atoms with E-state index in [4.69, 9.17) is 5.14 Å². The van der Waals surface area contributed by atoms with Crippen molar-refractivity contribution in [3.63, 3.8) is 0 Å². The molecule has 0 saturated heterocycles. The molecule has 0 radical (unpaired) electrons. The number of Topliss-reactive ketones (excluding diaryl/α,β-unsaturated/α-hetero) is 1. The zero-order valence-electron chi connectivity index (χ0n) is 19.1. The van der Waals surface area contributed by atoms with Crippen molar-refractivity contribution in [1.29, 1.82) is 0 Å². The highest BCUT2D eigenvalue weighted by Crippen LogP contribution is 2.24. The predicted octanol–water partition coefficient (Wildman–Crippen LogP) is 3.75. The minimum atomic E-state index is -3.73. The molecule has 3 N–H and O–H groups in total. The second kappa shape index (κ2) is 10.5. The van der Waals surface area contributed by atoms with E-state index < -0.39 is 22.7 Å². The van der Waals surface area contributed by atoms with Crippen molar-refractivity contribution >= 4 is 15.8 Å². The number of benzene rings is 2. The Kier molecular flexibility index (Phi) is 7.86. The molecule has 3 rings (SSSR count). The number of rotatable bonds is 10. The average Bonchev–Trinajstić information content (AvgIpc) is 3.07. The average molecular weight is 492 g/mol. The topological polar surface area (TPSA) is 103 Å². The van der Waals surface area contributed by atoms with Crippen molar-refractivity contribution in [2.24, 2.45) is 5.14 Å². The number of ketones is 1. The summed E-state index contributed by atoms with van der Waals surface area (Å²) in [5, 5.41) is 8.31. The molecule has 0 aliphatic heterocycles. The van der Waals surface area contributed by atoms with Crippen LogP contribution < -0.4 is 15.2 Å². The van der Waals surface area contributed by atoms with Crippen LogP contribution in [-0.2, 0) is 16.4 Å². The smallest absolute Gasteiger partial charge is 0.387 e. The molecule has 1 atom stereocenters. The van der Waals surface area contributed by atoms with Gasteiger partial charge < -0.3 is 14.6 Å². The van der Waals surface area contributed by atoms with Gasteiger partial charge in [0.2, 0.25) is 10.0 Å². The zero-order valence-corrected chi connectivity index (χ0v) is 19.9. The first-order valence-electron chi connectivity index (χ1n) is 10.6. The number of nitrogens with one attached hydrogen (secondary N) is 1. The SMILES string of the molecule is Cc1cc(C(=O)[C@@H](C)NCCc2ccc(S(N)(=O)=O)cc2)c(C)n1-c1ccc(OC(F)F)cc1. The fourth-order valence-electron chi connectivity index (χ4n) is 3.79. The Morgan fingerprint density at radius 3 is 2.26 bits per heavy atom. The number of hydrogen-bond donors (Lipinski definition) is 2. The lowest BCUT2D eigenvalue weighted by Crippen LogP contribution is -2.35. The van der Waals surface area contributed by atoms with Gasteiger partial charge in [-0.1, -0.05) is 12.1 Å². The Morgan fingerprint density at radius 1 is 1.09 bits per heavy atom. The molecule has 2 aromatic carbocycles. The number of aryl methyl sites for hydroxylation is 1. The quantitative estimate of drug-likeness (QED) is 0.421. The fourth-order valence-corrected chi connectivity index (χ4v) is 4.31. The van der Waals surface area contributed by atoms with Crippen LogP contribution in [-0.4, -0.2) is 38.0 Å². The molecule has 0 aliphatic rings. The molecule has 0 amide bonds. The predicted molar refractivity (Wildman–Crippen MR) is 125 cm³/mol. The largest absolute Gasteiger partial charge is 0.435 e. The summed E-state index contributed by atoms with van der Waals surface area (Å²) in [5.41, 5.74) is 3.81. The molecule has 1 aromatic heterocycles. The summed E-state index contributed by atoms with van der Waals surface area (Å²) in [7, 11) is -3.73. The molecule has 1 heterocycles. The minimum Gasteiger partial charge on any atom is -0.435 e. The number of halogens is 2. The van der Waals surface area contributed by atoms with Crippen LogP contribution in [0, 0.1) is 13.8 Å². The van der Waals surface area contributed by atoms with E-state index in [-0.39, 0.29) is 16.4 Å². The maximum Gasteiger partial charge on any atom is 0.387 e. The Balaban J connectivity index is 1.65. The number of ether oxygens (including phenoxy) is 1. The van der Waals surface area contributed by atoms with Gasteiger partial charge in [0.25, 0.3) is 0 Å². The highest BCUT2D eigenvalue weighted by Gasteiger charge is 2.21. The zero-order chi connectivity index (χ0) is 25.0. The molecule has 7 nitrogen and oxygen atoms in total. The van der Waals surface area contributed by atoms with E-state index in [1.165, 1.54) is 24.3 Å². The van der Waals surface area contributed by atoms with Crippen LogP contribution in [0.4, 0.5) is 8.78 Å². The second-order valence-corrected chi connectivity index (χ2v) is 9.53. The van der Waals surface area contributed by atoms with Gasteiger partial charge in [0.1, 0.15) is 5.75 Å². The van der Waals surface area contributed by atoms with Crippen molar-refractivity contribution in [3.8, 4) is 11.4 Å². The lowest BCUT2D eigenvalue weighted by Gasteiger charge is -2.14. The van der Waals surface area contributed by atoms with E-state index in [9.17, 15) is 22.0 Å². The number of aromatic nitrogens is 1. The number of alkyl halides is 2. The lowest BCUT2D eigenvalue weighted by molar-refractivity contribution is -0.0498. The lowest BCUT2D eigenvalue weighted by atomic mass is 10.1. The highest BCUT2D eigenvalue weighted by molar-refractivity contribution is 7.89. The van der Waals surface area contributed by atoms with Crippen molar-refractivity contribution in [2.45, 2.75) is 44.7 Å². The summed E-state index contributed by atoms with van der Waals surface area (Å²) in [6.45, 7) is 3.13. The van der Waals surface area contributed by atoms with E-state index in [2.05, 4.69) is 10.1 Å². The molecular weight excluding hydrogens is 464 g/mol. The third-order valence-electron chi connectivity index (χ3n) is 5.53. The van der Waals surface area contributed by atoms with Crippen LogP contribution in [0.25, 0.3) is 5.69 Å². The molecule has 0 unspecified atom stereocenters. The van der Waals surface area contributed by atoms with Crippen molar-refractivity contribution in [2.75, 3.05) is 6.54 Å². The monoisotopic (exact) mass is 491 g/mol. The standard InChI is InChI=1S/C24H27F2N3O4S/c1-15-14-22(17(3)29(15)19-6-8-20(9-7-19)33-24(25)26)23(30)16(2)28-13-12-18-4-10-21(11-5-18)34(27,31)32/h4-11,14,16,24,28H,12-13H2,1-3H3,(H2,27,31,32)/t16-/m1/s1. The first-order valence-corrected chi connectivity index (χ1v) is 12.2. The van der Waals surface area contributed by atoms with Gasteiger partial charge in [-0.3, -0.25) is 4.79 Å². The van der Waals surface area contributed by atoms with Crippen molar-refractivity contribution in [1.82, 2.24) is 9.88 Å². The maximum absolute atomic E-state index is 13.1. The molecule has 182 valence electrons. The fraction of sp³-hybridized carbons (Fsp3) is 0.292. The molecule has 0 bridgehead atoms. The second-order valence-electron chi connectivity index (χ2n) is 7.97. The number of hydrogen-bond acceptors (Lipinski definition) is 5. The summed E-state index contributed by atoms with van der Waals surface area (Å²) in [6, 6.07) is 13.9. The Bertz CT molecular complexity index is 1250. The third-order valence-corrected chi connectivity index (χ3v) is 6.46. The van der Waals surface area contributed by atoms with Crippen LogP contribution >= 0.6 is 0 Å². The molecule has 3 aromatic rings. The van der Waals surface area contributed by atoms with Crippen LogP contribution in [0.2, 0.25) is 0 Å². The van der Waals surface area contributed by atoms with E-state index in [0.717, 1.165) is 22.6 Å². The third kappa shape index (κ3) is 6.07. The summed E-state index contributed by atoms with van der Waals surface area (Å²) in [6.07, 6.45) is 0.606. The minimum absolute atomic E-state index is 0.0549. The van der Waals surface area contributed by atoms with Crippen molar-refractivity contribution in [3.05, 3.63) is 77.1 Å². The summed E-state index contributed by atoms with van der Waals surface area (Å²) in [4.78, 5) is 13.1. The number of nitrogens with zero attached hydrogens (tertiary/aromatic N) is 1. The van der Waals surface area contributed by atoms with Gasteiger partial charge in [0, 0.05) is 22.6 Å². The van der Waals surface area contributed by atoms with Gasteiger partial charge >= 0.3 is 6.61 Å². The number of sulfonamides is 1. The Hall–Kier alpha value is -3.08. The van der Waals surface area contributed by atoms with Gasteiger partial charge in [-0.2, -0.15) is 8.78 Å². The van der Waals surface area contributed by atoms with Gasteiger partial charge in [-0.05, 0) is 81.8 Å². The Morgan fingerprint density at radius 2 is 1.71 bits per heavy atom. The van der Waals surface area contributed by atoms with E-state index in [1.807, 2.05) is 24.5 Å². The molecule has 0 fully saturated rings. The van der Waals surface area contributed by atoms with Gasteiger partial charge in [0.05, 0.1) is 10.9 Å². The number of carbonyl (C=O) groups is 1. The van der Waals surface area contributed by atoms with Crippen molar-refractivity contribution < 1.29 is 26.7 Å². The van der Waals surface area contributed by atoms with Gasteiger partial charge in [-0.15, -0.1) is 0 Å². The Labute approximate surface area is 197 Å². The maximum atomic E-state index is 13.1. The molecule has 34 heavy (non-hydrogen) atoms. The van der Waals surface area contributed by atoms with E-state index in [1.54, 1.807) is 31.2 Å². The molecule has 0 saturated carbocycles. The van der Waals surface area contributed by atoms with E-state index in [0.29, 0.717) is 18.5 Å². The van der Waals surface area contributed by atoms with Crippen LogP contribution in [0.3, 0.4) is 0 Å². The highest BCUT2D eigenvalue weighted by atomic mass is 32.2. The summed E-state index contributed by atoms with van der Waals surface area (Å²) in [5.74, 6) is -0.00352. The van der Waals surface area contributed by atoms with Gasteiger partial charge in [0.15, 0.2) is 5.78 Å². The summed E-state index contributed by atoms with van der Waals surface area (Å²) < 4.78 is 53.7. The first-order chi connectivity index (χ1) is 16.0. The van der Waals surface area contributed by atoms with Crippen LogP contribution in [0.1, 0.15) is 34.2 Å². The van der Waals surface area contributed by atoms with Gasteiger partial charge in [-0.25, -0.2) is 13.6 Å². The summed E-state index contributed by atoms with van der Waals surface area (Å²) >= 11 is 0. The molecule has 0 spiro atoms. The normalized spacial score (nSPS) is 12.7. The number of primary sulfonamides is 1. The molecular formula is C24H27F2N3O4S. The van der Waals surface area contributed by atoms with Crippen LogP contribution in [0.15, 0.2) is 59.5 Å². The first kappa shape index (κ1) is 25.5. The van der Waals surface area contributed by atoms with E-state index >= 15 is 0 Å². The number of carbonyl (C=O) groups excluding carboxylic acids is 1. The van der Waals surface area contributed by atoms with Crippen LogP contribution in [0.5, 0.6) is 5.75 Å².